The number of carbonyl (C=O) groups is 2. The number of hydrogen-bond donors (Lipinski definition) is 1. The predicted octanol–water partition coefficient (Wildman–Crippen LogP) is 4.45. The molecule has 0 heterocycles. The quantitative estimate of drug-likeness (QED) is 0.599. The van der Waals surface area contributed by atoms with Crippen LogP contribution in [0.4, 0.5) is 8.78 Å². The lowest BCUT2D eigenvalue weighted by molar-refractivity contribution is -0.126. The average Bonchev–Trinajstić information content (AvgIpc) is 2.79. The van der Waals surface area contributed by atoms with E-state index in [2.05, 4.69) is 5.32 Å². The van der Waals surface area contributed by atoms with Gasteiger partial charge in [-0.2, -0.15) is 0 Å². The first kappa shape index (κ1) is 21.2. The summed E-state index contributed by atoms with van der Waals surface area (Å²) in [7, 11) is 0. The van der Waals surface area contributed by atoms with Gasteiger partial charge in [0, 0.05) is 12.1 Å². The minimum Gasteiger partial charge on any atom is -0.348 e. The van der Waals surface area contributed by atoms with Gasteiger partial charge in [0.15, 0.2) is 0 Å². The summed E-state index contributed by atoms with van der Waals surface area (Å²) in [4.78, 5) is 27.8. The number of nitrogens with zero attached hydrogens (tertiary/aromatic N) is 1. The van der Waals surface area contributed by atoms with Crippen molar-refractivity contribution in [3.05, 3.63) is 108 Å². The number of hydrogen-bond acceptors (Lipinski definition) is 2. The van der Waals surface area contributed by atoms with Gasteiger partial charge in [-0.25, -0.2) is 8.78 Å². The number of benzene rings is 3. The Balaban J connectivity index is 2.03. The molecule has 1 atom stereocenters. The van der Waals surface area contributed by atoms with E-state index in [1.54, 1.807) is 60.7 Å². The summed E-state index contributed by atoms with van der Waals surface area (Å²) < 4.78 is 25.5. The number of amides is 2. The van der Waals surface area contributed by atoms with Crippen molar-refractivity contribution in [2.75, 3.05) is 6.54 Å². The average molecular weight is 408 g/mol. The van der Waals surface area contributed by atoms with Crippen molar-refractivity contribution in [3.63, 3.8) is 0 Å². The fraction of sp³-hybridized carbons (Fsp3) is 0.167. The molecule has 6 heteroatoms. The predicted molar refractivity (Wildman–Crippen MR) is 111 cm³/mol. The molecule has 0 aliphatic rings. The van der Waals surface area contributed by atoms with Gasteiger partial charge in [0.2, 0.25) is 5.91 Å². The van der Waals surface area contributed by atoms with Crippen molar-refractivity contribution >= 4 is 11.8 Å². The van der Waals surface area contributed by atoms with Crippen molar-refractivity contribution in [2.45, 2.75) is 19.0 Å². The summed E-state index contributed by atoms with van der Waals surface area (Å²) in [6.07, 6.45) is -2.68. The second-order valence-electron chi connectivity index (χ2n) is 6.73. The first-order valence-corrected chi connectivity index (χ1v) is 9.57. The lowest BCUT2D eigenvalue weighted by Crippen LogP contribution is -2.44. The summed E-state index contributed by atoms with van der Waals surface area (Å²) in [5.74, 6) is -1.01. The van der Waals surface area contributed by atoms with Crippen molar-refractivity contribution < 1.29 is 18.4 Å². The molecule has 0 aliphatic heterocycles. The van der Waals surface area contributed by atoms with Gasteiger partial charge >= 0.3 is 0 Å². The highest BCUT2D eigenvalue weighted by molar-refractivity contribution is 5.97. The minimum atomic E-state index is -2.68. The van der Waals surface area contributed by atoms with E-state index in [1.807, 2.05) is 30.3 Å². The highest BCUT2D eigenvalue weighted by atomic mass is 19.3. The molecule has 1 unspecified atom stereocenters. The maximum Gasteiger partial charge on any atom is 0.255 e. The molecule has 3 rings (SSSR count). The zero-order valence-electron chi connectivity index (χ0n) is 16.2. The number of halogens is 2. The van der Waals surface area contributed by atoms with Gasteiger partial charge in [0.25, 0.3) is 12.3 Å². The lowest BCUT2D eigenvalue weighted by atomic mass is 10.0. The number of alkyl halides is 2. The fourth-order valence-electron chi connectivity index (χ4n) is 3.19. The van der Waals surface area contributed by atoms with Crippen molar-refractivity contribution in [1.82, 2.24) is 10.2 Å². The molecule has 4 nitrogen and oxygen atoms in total. The molecule has 1 N–H and O–H groups in total. The molecule has 3 aromatic rings. The Kier molecular flexibility index (Phi) is 7.27. The van der Waals surface area contributed by atoms with Crippen molar-refractivity contribution in [3.8, 4) is 0 Å². The van der Waals surface area contributed by atoms with E-state index >= 15 is 0 Å². The van der Waals surface area contributed by atoms with Crippen molar-refractivity contribution in [2.24, 2.45) is 0 Å². The third-order valence-electron chi connectivity index (χ3n) is 4.58. The molecule has 30 heavy (non-hydrogen) atoms. The first-order valence-electron chi connectivity index (χ1n) is 9.57. The van der Waals surface area contributed by atoms with E-state index in [0.29, 0.717) is 11.1 Å². The Morgan fingerprint density at radius 1 is 0.800 bits per heavy atom. The monoisotopic (exact) mass is 408 g/mol. The second-order valence-corrected chi connectivity index (χ2v) is 6.73. The summed E-state index contributed by atoms with van der Waals surface area (Å²) in [5, 5.41) is 2.27. The van der Waals surface area contributed by atoms with Gasteiger partial charge in [0.1, 0.15) is 6.04 Å². The van der Waals surface area contributed by atoms with Crippen LogP contribution >= 0.6 is 0 Å². The largest absolute Gasteiger partial charge is 0.348 e. The minimum absolute atomic E-state index is 0.149. The van der Waals surface area contributed by atoms with Crippen LogP contribution in [0.2, 0.25) is 0 Å². The Labute approximate surface area is 174 Å². The van der Waals surface area contributed by atoms with Crippen LogP contribution in [0, 0.1) is 0 Å². The number of carbonyl (C=O) groups excluding carboxylic acids is 2. The van der Waals surface area contributed by atoms with Gasteiger partial charge in [-0.3, -0.25) is 9.59 Å². The van der Waals surface area contributed by atoms with Crippen LogP contribution in [0.1, 0.15) is 27.5 Å². The zero-order valence-corrected chi connectivity index (χ0v) is 16.2. The molecular formula is C24H22F2N2O2. The van der Waals surface area contributed by atoms with E-state index in [-0.39, 0.29) is 12.5 Å². The van der Waals surface area contributed by atoms with Crippen LogP contribution in [-0.2, 0) is 11.3 Å². The Hall–Kier alpha value is -3.54. The molecular weight excluding hydrogens is 386 g/mol. The maximum atomic E-state index is 13.4. The number of rotatable bonds is 8. The Morgan fingerprint density at radius 2 is 1.33 bits per heavy atom. The summed E-state index contributed by atoms with van der Waals surface area (Å²) in [5.41, 5.74) is 1.78. The fourth-order valence-corrected chi connectivity index (χ4v) is 3.19. The van der Waals surface area contributed by atoms with Crippen molar-refractivity contribution in [1.29, 1.82) is 0 Å². The topological polar surface area (TPSA) is 49.4 Å². The van der Waals surface area contributed by atoms with E-state index in [1.165, 1.54) is 4.90 Å². The molecule has 3 aromatic carbocycles. The molecule has 0 saturated heterocycles. The zero-order chi connectivity index (χ0) is 21.3. The van der Waals surface area contributed by atoms with Crippen LogP contribution in [0.25, 0.3) is 0 Å². The molecule has 0 radical (unpaired) electrons. The van der Waals surface area contributed by atoms with Gasteiger partial charge in [-0.1, -0.05) is 78.9 Å². The molecule has 154 valence electrons. The van der Waals surface area contributed by atoms with E-state index < -0.39 is 24.9 Å². The molecule has 2 amide bonds. The van der Waals surface area contributed by atoms with Crippen LogP contribution in [0.15, 0.2) is 91.0 Å². The number of nitrogens with one attached hydrogen (secondary N) is 1. The second kappa shape index (κ2) is 10.3. The third-order valence-corrected chi connectivity index (χ3v) is 4.58. The van der Waals surface area contributed by atoms with Crippen LogP contribution < -0.4 is 5.32 Å². The molecule has 0 spiro atoms. The van der Waals surface area contributed by atoms with E-state index in [4.69, 9.17) is 0 Å². The third kappa shape index (κ3) is 5.50. The van der Waals surface area contributed by atoms with E-state index in [0.717, 1.165) is 5.56 Å². The summed E-state index contributed by atoms with van der Waals surface area (Å²) >= 11 is 0. The van der Waals surface area contributed by atoms with Crippen LogP contribution in [-0.4, -0.2) is 29.7 Å². The maximum absolute atomic E-state index is 13.4. The highest BCUT2D eigenvalue weighted by Crippen LogP contribution is 2.26. The SMILES string of the molecule is O=C(NCC(F)F)C(c1ccccc1)N(Cc1ccccc1)C(=O)c1ccccc1. The van der Waals surface area contributed by atoms with Crippen LogP contribution in [0.5, 0.6) is 0 Å². The molecule has 0 aromatic heterocycles. The normalized spacial score (nSPS) is 11.7. The standard InChI is InChI=1S/C24H22F2N2O2/c25-21(26)16-27-23(29)22(19-12-6-2-7-13-19)28(17-18-10-4-1-5-11-18)24(30)20-14-8-3-9-15-20/h1-15,21-22H,16-17H2,(H,27,29). The molecule has 0 aliphatic carbocycles. The highest BCUT2D eigenvalue weighted by Gasteiger charge is 2.32. The molecule has 0 saturated carbocycles. The summed E-state index contributed by atoms with van der Waals surface area (Å²) in [6.45, 7) is -0.628. The van der Waals surface area contributed by atoms with Gasteiger partial charge in [-0.05, 0) is 23.3 Å². The molecule has 0 fully saturated rings. The molecule has 0 bridgehead atoms. The summed E-state index contributed by atoms with van der Waals surface area (Å²) in [6, 6.07) is 25.5. The Bertz CT molecular complexity index is 951. The van der Waals surface area contributed by atoms with Gasteiger partial charge in [-0.15, -0.1) is 0 Å². The lowest BCUT2D eigenvalue weighted by Gasteiger charge is -2.31. The van der Waals surface area contributed by atoms with E-state index in [9.17, 15) is 18.4 Å². The first-order chi connectivity index (χ1) is 14.6. The Morgan fingerprint density at radius 3 is 1.90 bits per heavy atom. The smallest absolute Gasteiger partial charge is 0.255 e. The van der Waals surface area contributed by atoms with Crippen LogP contribution in [0.3, 0.4) is 0 Å². The van der Waals surface area contributed by atoms with Gasteiger partial charge in [0.05, 0.1) is 6.54 Å². The van der Waals surface area contributed by atoms with Gasteiger partial charge < -0.3 is 10.2 Å².